The van der Waals surface area contributed by atoms with Crippen molar-refractivity contribution in [1.82, 2.24) is 9.13 Å². The van der Waals surface area contributed by atoms with Gasteiger partial charge >= 0.3 is 0 Å². The summed E-state index contributed by atoms with van der Waals surface area (Å²) >= 11 is 0. The van der Waals surface area contributed by atoms with Crippen LogP contribution in [-0.2, 0) is 0 Å². The number of aliphatic imine (C=N–C) groups is 1. The molecule has 1 aliphatic rings. The summed E-state index contributed by atoms with van der Waals surface area (Å²) in [6.07, 6.45) is 0. The Labute approximate surface area is 300 Å². The monoisotopic (exact) mass is 664 g/mol. The van der Waals surface area contributed by atoms with E-state index in [1.807, 2.05) is 6.07 Å². The van der Waals surface area contributed by atoms with Gasteiger partial charge < -0.3 is 14.5 Å². The second-order valence-electron chi connectivity index (χ2n) is 13.6. The quantitative estimate of drug-likeness (QED) is 0.200. The van der Waals surface area contributed by atoms with Crippen molar-refractivity contribution in [2.45, 2.75) is 6.04 Å². The number of benzene rings is 8. The van der Waals surface area contributed by atoms with Crippen LogP contribution >= 0.6 is 0 Å². The summed E-state index contributed by atoms with van der Waals surface area (Å²) < 4.78 is 4.95. The van der Waals surface area contributed by atoms with Crippen LogP contribution in [0.4, 0.5) is 11.4 Å². The van der Waals surface area contributed by atoms with Gasteiger partial charge in [-0.05, 0) is 70.4 Å². The minimum atomic E-state index is -0.0965. The maximum absolute atomic E-state index is 5.20. The van der Waals surface area contributed by atoms with Crippen LogP contribution in [0.1, 0.15) is 17.2 Å². The van der Waals surface area contributed by atoms with Crippen molar-refractivity contribution < 1.29 is 0 Å². The number of anilines is 1. The van der Waals surface area contributed by atoms with Gasteiger partial charge in [-0.2, -0.15) is 0 Å². The van der Waals surface area contributed by atoms with Gasteiger partial charge in [-0.3, -0.25) is 0 Å². The largest absolute Gasteiger partial charge is 0.371 e. The average molecular weight is 665 g/mol. The topological polar surface area (TPSA) is 34.2 Å². The first-order chi connectivity index (χ1) is 25.8. The van der Waals surface area contributed by atoms with Gasteiger partial charge in [0.1, 0.15) is 0 Å². The molecule has 4 nitrogen and oxygen atoms in total. The molecule has 1 N–H and O–H groups in total. The molecule has 0 amide bonds. The Morgan fingerprint density at radius 3 is 1.52 bits per heavy atom. The predicted molar refractivity (Wildman–Crippen MR) is 218 cm³/mol. The third-order valence-corrected chi connectivity index (χ3v) is 10.7. The van der Waals surface area contributed by atoms with Crippen molar-refractivity contribution in [3.8, 4) is 11.4 Å². The summed E-state index contributed by atoms with van der Waals surface area (Å²) in [6, 6.07) is 65.3. The third kappa shape index (κ3) is 4.18. The lowest BCUT2D eigenvalue weighted by Crippen LogP contribution is -2.24. The maximum atomic E-state index is 5.20. The highest BCUT2D eigenvalue weighted by molar-refractivity contribution is 6.36. The number of hydrogen-bond acceptors (Lipinski definition) is 2. The second kappa shape index (κ2) is 11.3. The molecular formula is C48H32N4. The van der Waals surface area contributed by atoms with Crippen LogP contribution in [0.5, 0.6) is 0 Å². The van der Waals surface area contributed by atoms with Gasteiger partial charge in [0.25, 0.3) is 0 Å². The van der Waals surface area contributed by atoms with Gasteiger partial charge in [0, 0.05) is 32.9 Å². The van der Waals surface area contributed by atoms with Crippen LogP contribution in [0.3, 0.4) is 0 Å². The molecule has 0 aliphatic carbocycles. The van der Waals surface area contributed by atoms with Gasteiger partial charge in [0.15, 0.2) is 0 Å². The van der Waals surface area contributed by atoms with Gasteiger partial charge in [0.2, 0.25) is 0 Å². The van der Waals surface area contributed by atoms with E-state index in [1.165, 1.54) is 54.4 Å². The summed E-state index contributed by atoms with van der Waals surface area (Å²) in [4.78, 5) is 5.20. The fourth-order valence-electron chi connectivity index (χ4n) is 8.51. The van der Waals surface area contributed by atoms with Crippen LogP contribution in [0.25, 0.3) is 65.8 Å². The van der Waals surface area contributed by atoms with E-state index in [0.717, 1.165) is 39.6 Å². The van der Waals surface area contributed by atoms with Crippen LogP contribution in [0.15, 0.2) is 187 Å². The first kappa shape index (κ1) is 28.9. The molecular weight excluding hydrogens is 633 g/mol. The van der Waals surface area contributed by atoms with E-state index in [4.69, 9.17) is 4.99 Å². The van der Waals surface area contributed by atoms with Gasteiger partial charge in [-0.25, -0.2) is 4.99 Å². The average Bonchev–Trinajstić information content (AvgIpc) is 3.75. The van der Waals surface area contributed by atoms with Gasteiger partial charge in [0.05, 0.1) is 45.2 Å². The number of nitrogens with one attached hydrogen (secondary N) is 1. The summed E-state index contributed by atoms with van der Waals surface area (Å²) in [5.74, 6) is 0. The first-order valence-corrected chi connectivity index (χ1v) is 17.9. The molecule has 3 heterocycles. The van der Waals surface area contributed by atoms with Crippen molar-refractivity contribution in [3.63, 3.8) is 0 Å². The van der Waals surface area contributed by atoms with E-state index in [1.54, 1.807) is 0 Å². The van der Waals surface area contributed by atoms with Crippen LogP contribution in [0, 0.1) is 0 Å². The highest BCUT2D eigenvalue weighted by Crippen LogP contribution is 2.47. The SMILES string of the molecule is c1ccc(C2=Nc3ccccc3NC2c2ccc(-n3c4ccccc4c4c5ccccc5c5c6ccccc6n(-c6ccccc6)c5c43)cc2)cc1. The number of aromatic nitrogens is 2. The Kier molecular flexibility index (Phi) is 6.28. The zero-order valence-electron chi connectivity index (χ0n) is 28.2. The molecule has 1 unspecified atom stereocenters. The van der Waals surface area contributed by atoms with E-state index in [0.29, 0.717) is 0 Å². The minimum absolute atomic E-state index is 0.0965. The summed E-state index contributed by atoms with van der Waals surface area (Å²) in [5, 5.41) is 11.4. The lowest BCUT2D eigenvalue weighted by atomic mass is 9.94. The van der Waals surface area contributed by atoms with E-state index in [2.05, 4.69) is 190 Å². The molecule has 4 heteroatoms. The zero-order valence-corrected chi connectivity index (χ0v) is 28.2. The number of para-hydroxylation sites is 5. The smallest absolute Gasteiger partial charge is 0.0947 e. The normalized spacial score (nSPS) is 14.2. The van der Waals surface area contributed by atoms with Gasteiger partial charge in [-0.1, -0.05) is 133 Å². The van der Waals surface area contributed by atoms with Crippen molar-refractivity contribution in [1.29, 1.82) is 0 Å². The van der Waals surface area contributed by atoms with Crippen LogP contribution in [-0.4, -0.2) is 14.8 Å². The molecule has 0 bridgehead atoms. The Morgan fingerprint density at radius 2 is 0.904 bits per heavy atom. The minimum Gasteiger partial charge on any atom is -0.371 e. The molecule has 8 aromatic carbocycles. The number of nitrogens with zero attached hydrogens (tertiary/aromatic N) is 3. The molecule has 52 heavy (non-hydrogen) atoms. The Balaban J connectivity index is 1.21. The summed E-state index contributed by atoms with van der Waals surface area (Å²) in [6.45, 7) is 0. The molecule has 1 atom stereocenters. The number of hydrogen-bond donors (Lipinski definition) is 1. The second-order valence-corrected chi connectivity index (χ2v) is 13.6. The van der Waals surface area contributed by atoms with Crippen molar-refractivity contribution in [2.24, 2.45) is 4.99 Å². The lowest BCUT2D eigenvalue weighted by molar-refractivity contribution is 1.01. The predicted octanol–water partition coefficient (Wildman–Crippen LogP) is 12.3. The first-order valence-electron chi connectivity index (χ1n) is 17.9. The lowest BCUT2D eigenvalue weighted by Gasteiger charge is -2.28. The standard InChI is InChI=1S/C48H32N4/c1-3-15-31(16-4-1)45-46(50-40-24-12-11-23-39(40)49-45)32-27-29-34(30-28-32)52-42-26-14-10-22-38(42)44-36-20-8-7-19-35(36)43-37-21-9-13-25-41(37)51(47(43)48(44)52)33-17-5-2-6-18-33/h1-30,46,50H. The molecule has 1 aliphatic heterocycles. The van der Waals surface area contributed by atoms with E-state index in [-0.39, 0.29) is 6.04 Å². The molecule has 11 rings (SSSR count). The number of rotatable bonds is 4. The molecule has 244 valence electrons. The molecule has 0 spiro atoms. The Bertz CT molecular complexity index is 3020. The Hall–Kier alpha value is -6.91. The zero-order chi connectivity index (χ0) is 34.2. The van der Waals surface area contributed by atoms with Crippen LogP contribution in [0.2, 0.25) is 0 Å². The summed E-state index contributed by atoms with van der Waals surface area (Å²) in [5.41, 5.74) is 12.4. The van der Waals surface area contributed by atoms with E-state index in [9.17, 15) is 0 Å². The van der Waals surface area contributed by atoms with Crippen molar-refractivity contribution >= 4 is 71.5 Å². The molecule has 0 radical (unpaired) electrons. The molecule has 0 saturated heterocycles. The fraction of sp³-hybridized carbons (Fsp3) is 0.0208. The molecule has 10 aromatic rings. The van der Waals surface area contributed by atoms with Crippen molar-refractivity contribution in [3.05, 3.63) is 193 Å². The van der Waals surface area contributed by atoms with Crippen LogP contribution < -0.4 is 5.32 Å². The molecule has 0 fully saturated rings. The van der Waals surface area contributed by atoms with Gasteiger partial charge in [-0.15, -0.1) is 0 Å². The number of fused-ring (bicyclic) bond motifs is 11. The molecule has 2 aromatic heterocycles. The highest BCUT2D eigenvalue weighted by atomic mass is 15.0. The van der Waals surface area contributed by atoms with E-state index >= 15 is 0 Å². The third-order valence-electron chi connectivity index (χ3n) is 10.7. The highest BCUT2D eigenvalue weighted by Gasteiger charge is 2.27. The fourth-order valence-corrected chi connectivity index (χ4v) is 8.51. The van der Waals surface area contributed by atoms with Crippen molar-refractivity contribution in [2.75, 3.05) is 5.32 Å². The molecule has 0 saturated carbocycles. The maximum Gasteiger partial charge on any atom is 0.0947 e. The Morgan fingerprint density at radius 1 is 0.423 bits per heavy atom. The summed E-state index contributed by atoms with van der Waals surface area (Å²) in [7, 11) is 0. The van der Waals surface area contributed by atoms with E-state index < -0.39 is 0 Å².